The van der Waals surface area contributed by atoms with E-state index in [4.69, 9.17) is 0 Å². The van der Waals surface area contributed by atoms with Crippen LogP contribution in [-0.4, -0.2) is 7.05 Å². The van der Waals surface area contributed by atoms with Crippen LogP contribution >= 0.6 is 27.3 Å². The van der Waals surface area contributed by atoms with Crippen LogP contribution in [0.5, 0.6) is 0 Å². The molecule has 0 saturated heterocycles. The lowest BCUT2D eigenvalue weighted by Gasteiger charge is -2.20. The van der Waals surface area contributed by atoms with Gasteiger partial charge in [-0.3, -0.25) is 0 Å². The predicted molar refractivity (Wildman–Crippen MR) is 91.6 cm³/mol. The Bertz CT molecular complexity index is 748. The number of fused-ring (bicyclic) bond motifs is 1. The minimum atomic E-state index is 0.217. The van der Waals surface area contributed by atoms with E-state index in [9.17, 15) is 0 Å². The van der Waals surface area contributed by atoms with Crippen LogP contribution in [0.3, 0.4) is 0 Å². The second-order valence-electron chi connectivity index (χ2n) is 4.91. The number of hydrogen-bond donors (Lipinski definition) is 1. The second-order valence-corrected chi connectivity index (χ2v) is 6.74. The molecule has 3 rings (SSSR count). The molecule has 0 fully saturated rings. The van der Waals surface area contributed by atoms with Crippen LogP contribution in [0.15, 0.2) is 52.3 Å². The standard InChI is InChI=1S/C17H16BrNS/c1-11-6-7-13(18)10-15(11)16(19-2)14-5-3-4-12-8-9-20-17(12)14/h3-10,16,19H,1-2H3. The Morgan fingerprint density at radius 3 is 2.75 bits per heavy atom. The number of nitrogens with one attached hydrogen (secondary N) is 1. The van der Waals surface area contributed by atoms with Gasteiger partial charge in [-0.25, -0.2) is 0 Å². The van der Waals surface area contributed by atoms with Crippen molar-refractivity contribution in [2.45, 2.75) is 13.0 Å². The van der Waals surface area contributed by atoms with Crippen molar-refractivity contribution in [3.05, 3.63) is 69.0 Å². The van der Waals surface area contributed by atoms with Crippen molar-refractivity contribution < 1.29 is 0 Å². The highest BCUT2D eigenvalue weighted by Gasteiger charge is 2.17. The van der Waals surface area contributed by atoms with Gasteiger partial charge in [0, 0.05) is 9.17 Å². The smallest absolute Gasteiger partial charge is 0.0591 e. The molecule has 0 saturated carbocycles. The van der Waals surface area contributed by atoms with E-state index in [0.717, 1.165) is 4.47 Å². The lowest BCUT2D eigenvalue weighted by atomic mass is 9.94. The van der Waals surface area contributed by atoms with Crippen LogP contribution in [0.25, 0.3) is 10.1 Å². The number of thiophene rings is 1. The SMILES string of the molecule is CNC(c1cc(Br)ccc1C)c1cccc2ccsc12. The van der Waals surface area contributed by atoms with E-state index in [0.29, 0.717) is 0 Å². The fourth-order valence-electron chi connectivity index (χ4n) is 2.64. The number of halogens is 1. The number of rotatable bonds is 3. The highest BCUT2D eigenvalue weighted by Crippen LogP contribution is 2.34. The van der Waals surface area contributed by atoms with Crippen LogP contribution in [0.2, 0.25) is 0 Å². The Balaban J connectivity index is 2.19. The van der Waals surface area contributed by atoms with E-state index in [2.05, 4.69) is 76.0 Å². The summed E-state index contributed by atoms with van der Waals surface area (Å²) in [7, 11) is 2.03. The van der Waals surface area contributed by atoms with E-state index in [1.807, 2.05) is 18.4 Å². The molecule has 0 radical (unpaired) electrons. The first-order chi connectivity index (χ1) is 9.70. The third-order valence-corrected chi connectivity index (χ3v) is 5.13. The molecular formula is C17H16BrNS. The van der Waals surface area contributed by atoms with E-state index >= 15 is 0 Å². The number of hydrogen-bond acceptors (Lipinski definition) is 2. The quantitative estimate of drug-likeness (QED) is 0.680. The van der Waals surface area contributed by atoms with Crippen molar-refractivity contribution in [3.8, 4) is 0 Å². The molecule has 0 spiro atoms. The molecule has 1 nitrogen and oxygen atoms in total. The fraction of sp³-hybridized carbons (Fsp3) is 0.176. The molecule has 0 aliphatic heterocycles. The van der Waals surface area contributed by atoms with Crippen molar-refractivity contribution >= 4 is 37.4 Å². The average molecular weight is 346 g/mol. The summed E-state index contributed by atoms with van der Waals surface area (Å²) in [6, 6.07) is 15.4. The minimum Gasteiger partial charge on any atom is -0.309 e. The minimum absolute atomic E-state index is 0.217. The second kappa shape index (κ2) is 5.68. The van der Waals surface area contributed by atoms with Gasteiger partial charge < -0.3 is 5.32 Å². The zero-order valence-corrected chi connectivity index (χ0v) is 13.9. The fourth-order valence-corrected chi connectivity index (χ4v) is 3.97. The summed E-state index contributed by atoms with van der Waals surface area (Å²) in [6.45, 7) is 2.17. The molecule has 0 aliphatic carbocycles. The Morgan fingerprint density at radius 1 is 1.10 bits per heavy atom. The molecule has 1 aromatic heterocycles. The lowest BCUT2D eigenvalue weighted by Crippen LogP contribution is -2.18. The van der Waals surface area contributed by atoms with E-state index in [1.54, 1.807) is 0 Å². The Labute approximate surface area is 131 Å². The first-order valence-electron chi connectivity index (χ1n) is 6.60. The molecule has 3 aromatic rings. The average Bonchev–Trinajstić information content (AvgIpc) is 2.92. The van der Waals surface area contributed by atoms with Gasteiger partial charge in [-0.05, 0) is 59.6 Å². The summed E-state index contributed by atoms with van der Waals surface area (Å²) in [5, 5.41) is 6.95. The highest BCUT2D eigenvalue weighted by atomic mass is 79.9. The van der Waals surface area contributed by atoms with Crippen molar-refractivity contribution in [2.75, 3.05) is 7.05 Å². The molecule has 1 unspecified atom stereocenters. The Hall–Kier alpha value is -1.16. The molecule has 20 heavy (non-hydrogen) atoms. The topological polar surface area (TPSA) is 12.0 Å². The van der Waals surface area contributed by atoms with E-state index in [-0.39, 0.29) is 6.04 Å². The monoisotopic (exact) mass is 345 g/mol. The van der Waals surface area contributed by atoms with Crippen LogP contribution in [0, 0.1) is 6.92 Å². The van der Waals surface area contributed by atoms with Gasteiger partial charge in [0.2, 0.25) is 0 Å². The maximum atomic E-state index is 3.58. The summed E-state index contributed by atoms with van der Waals surface area (Å²) in [6.07, 6.45) is 0. The molecular weight excluding hydrogens is 330 g/mol. The van der Waals surface area contributed by atoms with Crippen molar-refractivity contribution in [1.29, 1.82) is 0 Å². The zero-order valence-electron chi connectivity index (χ0n) is 11.5. The normalized spacial score (nSPS) is 12.8. The van der Waals surface area contributed by atoms with Gasteiger partial charge in [-0.1, -0.05) is 40.2 Å². The van der Waals surface area contributed by atoms with Crippen LogP contribution in [0.1, 0.15) is 22.7 Å². The predicted octanol–water partition coefficient (Wildman–Crippen LogP) is 5.28. The van der Waals surface area contributed by atoms with Crippen LogP contribution in [-0.2, 0) is 0 Å². The van der Waals surface area contributed by atoms with Gasteiger partial charge in [-0.15, -0.1) is 11.3 Å². The lowest BCUT2D eigenvalue weighted by molar-refractivity contribution is 0.693. The number of benzene rings is 2. The Kier molecular flexibility index (Phi) is 3.92. The Morgan fingerprint density at radius 2 is 1.95 bits per heavy atom. The van der Waals surface area contributed by atoms with Gasteiger partial charge >= 0.3 is 0 Å². The van der Waals surface area contributed by atoms with Crippen molar-refractivity contribution in [2.24, 2.45) is 0 Å². The molecule has 0 aliphatic rings. The molecule has 1 N–H and O–H groups in total. The maximum absolute atomic E-state index is 3.58. The van der Waals surface area contributed by atoms with E-state index in [1.165, 1.54) is 26.8 Å². The van der Waals surface area contributed by atoms with E-state index < -0.39 is 0 Å². The zero-order chi connectivity index (χ0) is 14.1. The maximum Gasteiger partial charge on any atom is 0.0591 e. The summed E-state index contributed by atoms with van der Waals surface area (Å²) < 4.78 is 2.49. The largest absolute Gasteiger partial charge is 0.309 e. The highest BCUT2D eigenvalue weighted by molar-refractivity contribution is 9.10. The first-order valence-corrected chi connectivity index (χ1v) is 8.27. The van der Waals surface area contributed by atoms with Gasteiger partial charge in [-0.2, -0.15) is 0 Å². The first kappa shape index (κ1) is 13.8. The third kappa shape index (κ3) is 2.41. The molecule has 0 amide bonds. The van der Waals surface area contributed by atoms with Gasteiger partial charge in [0.25, 0.3) is 0 Å². The van der Waals surface area contributed by atoms with Gasteiger partial charge in [0.1, 0.15) is 0 Å². The summed E-state index contributed by atoms with van der Waals surface area (Å²) in [4.78, 5) is 0. The number of aryl methyl sites for hydroxylation is 1. The third-order valence-electron chi connectivity index (χ3n) is 3.66. The molecule has 2 aromatic carbocycles. The van der Waals surface area contributed by atoms with Gasteiger partial charge in [0.15, 0.2) is 0 Å². The summed E-state index contributed by atoms with van der Waals surface area (Å²) >= 11 is 5.39. The van der Waals surface area contributed by atoms with Crippen LogP contribution in [0.4, 0.5) is 0 Å². The molecule has 3 heteroatoms. The van der Waals surface area contributed by atoms with Gasteiger partial charge in [0.05, 0.1) is 6.04 Å². The molecule has 1 heterocycles. The molecule has 102 valence electrons. The van der Waals surface area contributed by atoms with Crippen LogP contribution < -0.4 is 5.32 Å². The van der Waals surface area contributed by atoms with Crippen molar-refractivity contribution in [3.63, 3.8) is 0 Å². The molecule has 0 bridgehead atoms. The van der Waals surface area contributed by atoms with Crippen molar-refractivity contribution in [1.82, 2.24) is 5.32 Å². The summed E-state index contributed by atoms with van der Waals surface area (Å²) in [5.41, 5.74) is 3.98. The molecule has 1 atom stereocenters. The summed E-state index contributed by atoms with van der Waals surface area (Å²) in [5.74, 6) is 0.